The Morgan fingerprint density at radius 3 is 2.44 bits per heavy atom. The van der Waals surface area contributed by atoms with Crippen molar-refractivity contribution in [2.24, 2.45) is 5.73 Å². The number of ether oxygens (including phenoxy) is 3. The van der Waals surface area contributed by atoms with Crippen molar-refractivity contribution >= 4 is 5.97 Å². The minimum absolute atomic E-state index is 0.0307. The van der Waals surface area contributed by atoms with Gasteiger partial charge in [-0.25, -0.2) is 4.79 Å². The van der Waals surface area contributed by atoms with Crippen LogP contribution in [-0.2, 0) is 14.3 Å². The molecule has 0 aliphatic carbocycles. The van der Waals surface area contributed by atoms with E-state index in [0.29, 0.717) is 16.7 Å². The topological polar surface area (TPSA) is 94.6 Å². The molecule has 0 aromatic heterocycles. The zero-order valence-electron chi connectivity index (χ0n) is 17.2. The van der Waals surface area contributed by atoms with Crippen molar-refractivity contribution in [1.82, 2.24) is 0 Å². The maximum absolute atomic E-state index is 12.7. The monoisotopic (exact) mass is 444 g/mol. The van der Waals surface area contributed by atoms with Gasteiger partial charge in [-0.1, -0.05) is 36.4 Å². The fraction of sp³-hybridized carbons (Fsp3) is 0.217. The molecule has 0 spiro atoms. The van der Waals surface area contributed by atoms with Crippen molar-refractivity contribution in [3.8, 4) is 22.9 Å². The normalized spacial score (nSPS) is 16.3. The lowest BCUT2D eigenvalue weighted by molar-refractivity contribution is -0.274. The molecule has 32 heavy (non-hydrogen) atoms. The minimum Gasteiger partial charge on any atom is -0.463 e. The number of allylic oxidation sites excluding steroid dienone is 2. The Hall–Kier alpha value is -3.93. The summed E-state index contributed by atoms with van der Waals surface area (Å²) in [5, 5.41) is 9.75. The van der Waals surface area contributed by atoms with Crippen molar-refractivity contribution in [3.63, 3.8) is 0 Å². The number of alkyl halides is 3. The summed E-state index contributed by atoms with van der Waals surface area (Å²) in [7, 11) is 0. The third kappa shape index (κ3) is 4.70. The van der Waals surface area contributed by atoms with E-state index < -0.39 is 18.2 Å². The third-order valence-corrected chi connectivity index (χ3v) is 4.77. The van der Waals surface area contributed by atoms with Gasteiger partial charge in [-0.2, -0.15) is 5.26 Å². The molecule has 2 N–H and O–H groups in total. The number of nitrogens with two attached hydrogens (primary N) is 1. The summed E-state index contributed by atoms with van der Waals surface area (Å²) in [5.74, 6) is -1.83. The SMILES string of the molecule is CCOC(=O)C1=C(C)OC(N)=C(C#N)C1c1ccccc1-c1ccc(OC(F)(F)F)cc1. The van der Waals surface area contributed by atoms with Gasteiger partial charge in [0, 0.05) is 0 Å². The summed E-state index contributed by atoms with van der Waals surface area (Å²) in [6.07, 6.45) is -4.80. The molecule has 2 aromatic carbocycles. The quantitative estimate of drug-likeness (QED) is 0.660. The van der Waals surface area contributed by atoms with E-state index in [4.69, 9.17) is 15.2 Å². The molecular weight excluding hydrogens is 425 g/mol. The second-order valence-electron chi connectivity index (χ2n) is 6.77. The number of rotatable bonds is 5. The van der Waals surface area contributed by atoms with Crippen molar-refractivity contribution in [2.45, 2.75) is 26.1 Å². The number of nitrogens with zero attached hydrogens (tertiary/aromatic N) is 1. The summed E-state index contributed by atoms with van der Waals surface area (Å²) in [5.41, 5.74) is 7.78. The first-order valence-electron chi connectivity index (χ1n) is 9.56. The third-order valence-electron chi connectivity index (χ3n) is 4.77. The van der Waals surface area contributed by atoms with E-state index in [-0.39, 0.29) is 35.1 Å². The zero-order chi connectivity index (χ0) is 23.5. The van der Waals surface area contributed by atoms with Gasteiger partial charge in [0.05, 0.1) is 18.1 Å². The van der Waals surface area contributed by atoms with Crippen LogP contribution in [0.5, 0.6) is 5.75 Å². The maximum atomic E-state index is 12.7. The fourth-order valence-corrected chi connectivity index (χ4v) is 3.51. The molecule has 1 atom stereocenters. The molecule has 1 aliphatic rings. The van der Waals surface area contributed by atoms with Crippen molar-refractivity contribution in [2.75, 3.05) is 6.61 Å². The van der Waals surface area contributed by atoms with E-state index in [2.05, 4.69) is 4.74 Å². The predicted molar refractivity (Wildman–Crippen MR) is 109 cm³/mol. The predicted octanol–water partition coefficient (Wildman–Crippen LogP) is 4.90. The Morgan fingerprint density at radius 2 is 1.84 bits per heavy atom. The van der Waals surface area contributed by atoms with Crippen molar-refractivity contribution in [1.29, 1.82) is 5.26 Å². The van der Waals surface area contributed by atoms with Gasteiger partial charge in [0.1, 0.15) is 23.2 Å². The Balaban J connectivity index is 2.13. The molecule has 6 nitrogen and oxygen atoms in total. The van der Waals surface area contributed by atoms with Crippen LogP contribution in [-0.4, -0.2) is 18.9 Å². The Morgan fingerprint density at radius 1 is 1.19 bits per heavy atom. The Bertz CT molecular complexity index is 1130. The highest BCUT2D eigenvalue weighted by atomic mass is 19.4. The van der Waals surface area contributed by atoms with Crippen LogP contribution in [0.4, 0.5) is 13.2 Å². The molecule has 2 aromatic rings. The first-order valence-corrected chi connectivity index (χ1v) is 9.56. The number of nitriles is 1. The first kappa shape index (κ1) is 22.7. The zero-order valence-corrected chi connectivity index (χ0v) is 17.2. The van der Waals surface area contributed by atoms with Gasteiger partial charge in [0.15, 0.2) is 0 Å². The second-order valence-corrected chi connectivity index (χ2v) is 6.77. The number of benzene rings is 2. The Kier molecular flexibility index (Phi) is 6.44. The molecule has 1 aliphatic heterocycles. The smallest absolute Gasteiger partial charge is 0.463 e. The lowest BCUT2D eigenvalue weighted by Gasteiger charge is -2.28. The van der Waals surface area contributed by atoms with E-state index >= 15 is 0 Å². The van der Waals surface area contributed by atoms with Gasteiger partial charge in [-0.15, -0.1) is 13.2 Å². The van der Waals surface area contributed by atoms with Gasteiger partial charge < -0.3 is 19.9 Å². The highest BCUT2D eigenvalue weighted by molar-refractivity contribution is 5.93. The number of carbonyl (C=O) groups is 1. The van der Waals surface area contributed by atoms with Gasteiger partial charge in [-0.3, -0.25) is 0 Å². The van der Waals surface area contributed by atoms with Crippen LogP contribution in [0.3, 0.4) is 0 Å². The minimum atomic E-state index is -4.80. The van der Waals surface area contributed by atoms with E-state index in [0.717, 1.165) is 0 Å². The average Bonchev–Trinajstić information content (AvgIpc) is 2.73. The number of esters is 1. The number of carbonyl (C=O) groups excluding carboxylic acids is 1. The molecule has 1 heterocycles. The van der Waals surface area contributed by atoms with Crippen LogP contribution < -0.4 is 10.5 Å². The van der Waals surface area contributed by atoms with Crippen LogP contribution in [0.15, 0.2) is 71.3 Å². The van der Waals surface area contributed by atoms with Crippen LogP contribution >= 0.6 is 0 Å². The van der Waals surface area contributed by atoms with Gasteiger partial charge in [0.25, 0.3) is 0 Å². The summed E-state index contributed by atoms with van der Waals surface area (Å²) in [6.45, 7) is 3.32. The standard InChI is InChI=1S/C23H19F3N2O4/c1-3-30-22(29)19-13(2)31-21(28)18(12-27)20(19)17-7-5-4-6-16(17)14-8-10-15(11-9-14)32-23(24,25)26/h4-11,20H,3,28H2,1-2H3. The summed E-state index contributed by atoms with van der Waals surface area (Å²) < 4.78 is 51.9. The van der Waals surface area contributed by atoms with E-state index in [9.17, 15) is 23.2 Å². The lowest BCUT2D eigenvalue weighted by atomic mass is 9.79. The lowest BCUT2D eigenvalue weighted by Crippen LogP contribution is -2.25. The highest BCUT2D eigenvalue weighted by Crippen LogP contribution is 2.43. The van der Waals surface area contributed by atoms with Gasteiger partial charge >= 0.3 is 12.3 Å². The average molecular weight is 444 g/mol. The molecule has 0 bridgehead atoms. The van der Waals surface area contributed by atoms with Crippen LogP contribution in [0, 0.1) is 11.3 Å². The number of halogens is 3. The molecular formula is C23H19F3N2O4. The molecule has 0 fully saturated rings. The molecule has 0 radical (unpaired) electrons. The molecule has 0 saturated carbocycles. The fourth-order valence-electron chi connectivity index (χ4n) is 3.51. The number of hydrogen-bond donors (Lipinski definition) is 1. The molecule has 0 amide bonds. The van der Waals surface area contributed by atoms with Crippen LogP contribution in [0.1, 0.15) is 25.3 Å². The Labute approximate surface area is 182 Å². The van der Waals surface area contributed by atoms with E-state index in [1.165, 1.54) is 24.3 Å². The van der Waals surface area contributed by atoms with Gasteiger partial charge in [-0.05, 0) is 42.7 Å². The largest absolute Gasteiger partial charge is 0.573 e. The van der Waals surface area contributed by atoms with Crippen molar-refractivity contribution in [3.05, 3.63) is 76.9 Å². The van der Waals surface area contributed by atoms with Crippen LogP contribution in [0.25, 0.3) is 11.1 Å². The summed E-state index contributed by atoms with van der Waals surface area (Å²) in [4.78, 5) is 12.7. The second kappa shape index (κ2) is 9.06. The maximum Gasteiger partial charge on any atom is 0.573 e. The van der Waals surface area contributed by atoms with Gasteiger partial charge in [0.2, 0.25) is 5.88 Å². The van der Waals surface area contributed by atoms with E-state index in [1.807, 2.05) is 6.07 Å². The molecule has 3 rings (SSSR count). The summed E-state index contributed by atoms with van der Waals surface area (Å²) in [6, 6.07) is 14.2. The molecule has 0 saturated heterocycles. The number of hydrogen-bond acceptors (Lipinski definition) is 6. The molecule has 1 unspecified atom stereocenters. The van der Waals surface area contributed by atoms with Crippen molar-refractivity contribution < 1.29 is 32.2 Å². The highest BCUT2D eigenvalue weighted by Gasteiger charge is 2.37. The van der Waals surface area contributed by atoms with Crippen LogP contribution in [0.2, 0.25) is 0 Å². The summed E-state index contributed by atoms with van der Waals surface area (Å²) >= 11 is 0. The molecule has 166 valence electrons. The first-order chi connectivity index (χ1) is 15.2. The molecule has 9 heteroatoms. The van der Waals surface area contributed by atoms with E-state index in [1.54, 1.807) is 38.1 Å².